The minimum absolute atomic E-state index is 0. The molecule has 86 valence electrons. The summed E-state index contributed by atoms with van der Waals surface area (Å²) in [5.74, 6) is 0. The molecule has 0 bridgehead atoms. The van der Waals surface area contributed by atoms with E-state index in [1.54, 1.807) is 0 Å². The molecule has 15 heavy (non-hydrogen) atoms. The number of pyridine rings is 1. The van der Waals surface area contributed by atoms with E-state index < -0.39 is 0 Å². The van der Waals surface area contributed by atoms with Gasteiger partial charge in [0, 0.05) is 12.1 Å². The molecule has 0 radical (unpaired) electrons. The zero-order chi connectivity index (χ0) is 11.4. The van der Waals surface area contributed by atoms with Crippen molar-refractivity contribution in [1.82, 2.24) is 0 Å². The van der Waals surface area contributed by atoms with Crippen molar-refractivity contribution in [3.63, 3.8) is 0 Å². The van der Waals surface area contributed by atoms with Crippen LogP contribution in [-0.4, -0.2) is 10.2 Å². The SMILES string of the molecule is NC(N)=S.NC(N)=S.[I-].c1cc[nH+]cc1. The second kappa shape index (κ2) is 15.7. The van der Waals surface area contributed by atoms with Gasteiger partial charge >= 0.3 is 0 Å². The lowest BCUT2D eigenvalue weighted by Crippen LogP contribution is -3.00. The maximum absolute atomic E-state index is 4.62. The summed E-state index contributed by atoms with van der Waals surface area (Å²) < 4.78 is 0. The van der Waals surface area contributed by atoms with Gasteiger partial charge in [0.1, 0.15) is 0 Å². The largest absolute Gasteiger partial charge is 1.00 e. The molecule has 0 amide bonds. The summed E-state index contributed by atoms with van der Waals surface area (Å²) in [6.07, 6.45) is 3.75. The number of hydrogen-bond donors (Lipinski definition) is 4. The van der Waals surface area contributed by atoms with E-state index in [1.165, 1.54) is 0 Å². The zero-order valence-corrected chi connectivity index (χ0v) is 11.7. The lowest BCUT2D eigenvalue weighted by atomic mass is 10.5. The highest BCUT2D eigenvalue weighted by Crippen LogP contribution is 1.68. The quantitative estimate of drug-likeness (QED) is 0.276. The van der Waals surface area contributed by atoms with E-state index >= 15 is 0 Å². The van der Waals surface area contributed by atoms with Crippen LogP contribution in [0.2, 0.25) is 0 Å². The molecule has 0 aliphatic rings. The van der Waals surface area contributed by atoms with Gasteiger partial charge in [-0.1, -0.05) is 6.07 Å². The van der Waals surface area contributed by atoms with E-state index in [0.29, 0.717) is 0 Å². The molecule has 0 spiro atoms. The molecule has 0 aromatic carbocycles. The van der Waals surface area contributed by atoms with Crippen molar-refractivity contribution in [1.29, 1.82) is 0 Å². The normalized spacial score (nSPS) is 6.40. The Labute approximate surface area is 117 Å². The first-order valence-electron chi connectivity index (χ1n) is 3.47. The first-order chi connectivity index (χ1) is 6.46. The molecule has 0 aliphatic heterocycles. The topological polar surface area (TPSA) is 118 Å². The Hall–Kier alpha value is -0.740. The summed E-state index contributed by atoms with van der Waals surface area (Å²) in [5, 5.41) is 0.000000000000000444. The fourth-order valence-electron chi connectivity index (χ4n) is 0.342. The number of aromatic amines is 1. The number of nitrogens with one attached hydrogen (secondary N) is 1. The first-order valence-corrected chi connectivity index (χ1v) is 4.29. The minimum Gasteiger partial charge on any atom is -1.00 e. The first kappa shape index (κ1) is 19.8. The van der Waals surface area contributed by atoms with Crippen LogP contribution in [0.1, 0.15) is 0 Å². The number of rotatable bonds is 0. The molecular weight excluding hydrogens is 345 g/mol. The van der Waals surface area contributed by atoms with Crippen molar-refractivity contribution in [2.75, 3.05) is 0 Å². The standard InChI is InChI=1S/C5H5N.2CH4N2S.HI/c1-2-4-6-5-3-1;2*2-1(3)4;/h1-5H;2*(H4,2,3,4);1H. The number of hydrogen-bond acceptors (Lipinski definition) is 2. The highest BCUT2D eigenvalue weighted by atomic mass is 127. The molecule has 0 unspecified atom stereocenters. The summed E-state index contributed by atoms with van der Waals surface area (Å²) in [6, 6.07) is 5.86. The van der Waals surface area contributed by atoms with Crippen LogP contribution in [0, 0.1) is 0 Å². The highest BCUT2D eigenvalue weighted by Gasteiger charge is 1.65. The molecule has 9 N–H and O–H groups in total. The van der Waals surface area contributed by atoms with Gasteiger partial charge in [0.15, 0.2) is 22.6 Å². The van der Waals surface area contributed by atoms with Gasteiger partial charge in [0.25, 0.3) is 0 Å². The molecule has 0 aliphatic carbocycles. The Kier molecular flexibility index (Phi) is 20.7. The number of nitrogens with two attached hydrogens (primary N) is 4. The van der Waals surface area contributed by atoms with E-state index in [0.717, 1.165) is 0 Å². The Balaban J connectivity index is -0.000000145. The smallest absolute Gasteiger partial charge is 0.166 e. The summed E-state index contributed by atoms with van der Waals surface area (Å²) >= 11 is 8.19. The van der Waals surface area contributed by atoms with Crippen molar-refractivity contribution < 1.29 is 29.0 Å². The minimum atomic E-state index is 0. The van der Waals surface area contributed by atoms with Gasteiger partial charge in [-0.15, -0.1) is 0 Å². The molecule has 8 heteroatoms. The van der Waals surface area contributed by atoms with Gasteiger partial charge in [0.2, 0.25) is 0 Å². The average molecular weight is 359 g/mol. The third-order valence-electron chi connectivity index (χ3n) is 0.607. The van der Waals surface area contributed by atoms with Crippen LogP contribution in [0.4, 0.5) is 0 Å². The molecule has 0 fully saturated rings. The van der Waals surface area contributed by atoms with Gasteiger partial charge in [0.05, 0.1) is 0 Å². The van der Waals surface area contributed by atoms with E-state index in [1.807, 2.05) is 30.6 Å². The van der Waals surface area contributed by atoms with Gasteiger partial charge in [-0.05, 0) is 24.4 Å². The summed E-state index contributed by atoms with van der Waals surface area (Å²) in [5.41, 5.74) is 18.5. The number of H-pyrrole nitrogens is 1. The fourth-order valence-corrected chi connectivity index (χ4v) is 0.342. The average Bonchev–Trinajstić information content (AvgIpc) is 2.05. The van der Waals surface area contributed by atoms with Crippen LogP contribution in [0.15, 0.2) is 30.6 Å². The molecule has 1 heterocycles. The second-order valence-electron chi connectivity index (χ2n) is 1.88. The predicted molar refractivity (Wildman–Crippen MR) is 64.9 cm³/mol. The molecule has 1 aromatic rings. The molecule has 0 saturated heterocycles. The Morgan fingerprint density at radius 3 is 1.13 bits per heavy atom. The number of aromatic nitrogens is 1. The lowest BCUT2D eigenvalue weighted by molar-refractivity contribution is -0.377. The van der Waals surface area contributed by atoms with E-state index in [-0.39, 0.29) is 34.2 Å². The van der Waals surface area contributed by atoms with Crippen LogP contribution in [0.5, 0.6) is 0 Å². The Bertz CT molecular complexity index is 210. The van der Waals surface area contributed by atoms with Crippen molar-refractivity contribution in [2.45, 2.75) is 0 Å². The fraction of sp³-hybridized carbons (Fsp3) is 0. The van der Waals surface area contributed by atoms with Crippen molar-refractivity contribution in [3.05, 3.63) is 30.6 Å². The van der Waals surface area contributed by atoms with Gasteiger partial charge < -0.3 is 46.9 Å². The van der Waals surface area contributed by atoms with E-state index in [9.17, 15) is 0 Å². The van der Waals surface area contributed by atoms with Crippen LogP contribution in [0.25, 0.3) is 0 Å². The van der Waals surface area contributed by atoms with Gasteiger partial charge in [-0.25, -0.2) is 4.98 Å². The molecule has 1 aromatic heterocycles. The Morgan fingerprint density at radius 2 is 1.07 bits per heavy atom. The van der Waals surface area contributed by atoms with Crippen LogP contribution in [0.3, 0.4) is 0 Å². The van der Waals surface area contributed by atoms with E-state index in [2.05, 4.69) is 52.4 Å². The van der Waals surface area contributed by atoms with Crippen LogP contribution in [-0.2, 0) is 0 Å². The lowest BCUT2D eigenvalue weighted by Gasteiger charge is -1.68. The monoisotopic (exact) mass is 359 g/mol. The zero-order valence-electron chi connectivity index (χ0n) is 7.89. The molecule has 0 atom stereocenters. The summed E-state index contributed by atoms with van der Waals surface area (Å²) in [7, 11) is 0. The third kappa shape index (κ3) is 60.8. The maximum Gasteiger partial charge on any atom is 0.166 e. The number of thiocarbonyl (C=S) groups is 2. The molecular formula is C7H14IN5S2. The van der Waals surface area contributed by atoms with Gasteiger partial charge in [-0.3, -0.25) is 0 Å². The van der Waals surface area contributed by atoms with Crippen molar-refractivity contribution in [3.8, 4) is 0 Å². The molecule has 1 rings (SSSR count). The number of halogens is 1. The van der Waals surface area contributed by atoms with Crippen LogP contribution >= 0.6 is 24.4 Å². The maximum atomic E-state index is 4.62. The van der Waals surface area contributed by atoms with E-state index in [4.69, 9.17) is 0 Å². The van der Waals surface area contributed by atoms with Crippen LogP contribution < -0.4 is 51.9 Å². The molecule has 5 nitrogen and oxygen atoms in total. The van der Waals surface area contributed by atoms with Crippen molar-refractivity contribution >= 4 is 34.7 Å². The predicted octanol–water partition coefficient (Wildman–Crippen LogP) is -4.12. The summed E-state index contributed by atoms with van der Waals surface area (Å²) in [4.78, 5) is 2.89. The van der Waals surface area contributed by atoms with Crippen molar-refractivity contribution in [2.24, 2.45) is 22.9 Å². The second-order valence-corrected chi connectivity index (χ2v) is 2.82. The summed E-state index contributed by atoms with van der Waals surface area (Å²) in [6.45, 7) is 0. The Morgan fingerprint density at radius 1 is 0.800 bits per heavy atom. The van der Waals surface area contributed by atoms with Gasteiger partial charge in [-0.2, -0.15) is 0 Å². The third-order valence-corrected chi connectivity index (χ3v) is 0.607. The highest BCUT2D eigenvalue weighted by molar-refractivity contribution is 7.80. The molecule has 0 saturated carbocycles.